The lowest BCUT2D eigenvalue weighted by Crippen LogP contribution is -2.35. The highest BCUT2D eigenvalue weighted by atomic mass is 32.2. The van der Waals surface area contributed by atoms with Crippen molar-refractivity contribution < 1.29 is 17.6 Å². The van der Waals surface area contributed by atoms with Crippen molar-refractivity contribution in [3.05, 3.63) is 59.4 Å². The normalized spacial score (nSPS) is 15.4. The molecule has 1 N–H and O–H groups in total. The molecule has 0 aliphatic carbocycles. The lowest BCUT2D eigenvalue weighted by atomic mass is 10.0. The maximum absolute atomic E-state index is 12.7. The van der Waals surface area contributed by atoms with E-state index in [0.29, 0.717) is 18.8 Å². The number of hydrogen-bond donors (Lipinski definition) is 1. The fourth-order valence-electron chi connectivity index (χ4n) is 3.87. The van der Waals surface area contributed by atoms with Crippen LogP contribution in [0.1, 0.15) is 36.0 Å². The summed E-state index contributed by atoms with van der Waals surface area (Å²) in [6.07, 6.45) is 4.68. The maximum Gasteiger partial charge on any atom is 0.243 e. The van der Waals surface area contributed by atoms with Crippen LogP contribution in [0.15, 0.2) is 52.0 Å². The van der Waals surface area contributed by atoms with E-state index in [4.69, 9.17) is 4.42 Å². The highest BCUT2D eigenvalue weighted by Crippen LogP contribution is 2.27. The lowest BCUT2D eigenvalue weighted by molar-refractivity contribution is -0.115. The van der Waals surface area contributed by atoms with Gasteiger partial charge in [-0.25, -0.2) is 8.42 Å². The van der Waals surface area contributed by atoms with Crippen LogP contribution < -0.4 is 5.32 Å². The first-order valence-corrected chi connectivity index (χ1v) is 11.7. The number of anilines is 1. The Morgan fingerprint density at radius 1 is 1.03 bits per heavy atom. The zero-order chi connectivity index (χ0) is 21.3. The number of carbonyl (C=O) groups is 1. The van der Waals surface area contributed by atoms with E-state index in [-0.39, 0.29) is 17.2 Å². The van der Waals surface area contributed by atoms with Crippen molar-refractivity contribution >= 4 is 32.6 Å². The standard InChI is InChI=1S/C23H26N2O4S/c1-16-6-11-21-18(15-29-23(21)17(16)2)14-22(26)24-19-7-9-20(10-8-19)30(27,28)25-12-4-3-5-13-25/h6-11,15H,3-5,12-14H2,1-2H3,(H,24,26). The van der Waals surface area contributed by atoms with Crippen LogP contribution in [0, 0.1) is 13.8 Å². The first kappa shape index (κ1) is 20.6. The molecule has 30 heavy (non-hydrogen) atoms. The second kappa shape index (κ2) is 8.24. The first-order valence-electron chi connectivity index (χ1n) is 10.2. The SMILES string of the molecule is Cc1ccc2c(CC(=O)Nc3ccc(S(=O)(=O)N4CCCCC4)cc3)coc2c1C. The molecule has 0 saturated carbocycles. The largest absolute Gasteiger partial charge is 0.464 e. The molecule has 1 aliphatic heterocycles. The van der Waals surface area contributed by atoms with Gasteiger partial charge in [-0.2, -0.15) is 4.31 Å². The van der Waals surface area contributed by atoms with Crippen LogP contribution in [0.2, 0.25) is 0 Å². The smallest absolute Gasteiger partial charge is 0.243 e. The molecule has 4 rings (SSSR count). The molecular formula is C23H26N2O4S. The number of nitrogens with zero attached hydrogens (tertiary/aromatic N) is 1. The van der Waals surface area contributed by atoms with Crippen LogP contribution in [-0.4, -0.2) is 31.7 Å². The Balaban J connectivity index is 1.45. The van der Waals surface area contributed by atoms with Gasteiger partial charge in [0.25, 0.3) is 0 Å². The van der Waals surface area contributed by atoms with Crippen molar-refractivity contribution in [3.63, 3.8) is 0 Å². The predicted molar refractivity (Wildman–Crippen MR) is 117 cm³/mol. The first-order chi connectivity index (χ1) is 14.4. The summed E-state index contributed by atoms with van der Waals surface area (Å²) in [5, 5.41) is 3.78. The number of piperidine rings is 1. The molecular weight excluding hydrogens is 400 g/mol. The zero-order valence-electron chi connectivity index (χ0n) is 17.3. The number of rotatable bonds is 5. The third kappa shape index (κ3) is 4.00. The molecule has 1 aromatic heterocycles. The van der Waals surface area contributed by atoms with Gasteiger partial charge in [0.05, 0.1) is 17.6 Å². The topological polar surface area (TPSA) is 79.6 Å². The molecule has 2 aromatic carbocycles. The Morgan fingerprint density at radius 3 is 2.43 bits per heavy atom. The van der Waals surface area contributed by atoms with Crippen molar-refractivity contribution in [2.45, 2.75) is 44.4 Å². The van der Waals surface area contributed by atoms with Crippen molar-refractivity contribution in [2.75, 3.05) is 18.4 Å². The third-order valence-corrected chi connectivity index (χ3v) is 7.70. The molecule has 158 valence electrons. The van der Waals surface area contributed by atoms with E-state index in [1.807, 2.05) is 26.0 Å². The quantitative estimate of drug-likeness (QED) is 0.656. The molecule has 6 nitrogen and oxygen atoms in total. The number of benzene rings is 2. The molecule has 0 bridgehead atoms. The van der Waals surface area contributed by atoms with E-state index >= 15 is 0 Å². The molecule has 3 aromatic rings. The van der Waals surface area contributed by atoms with Crippen molar-refractivity contribution in [2.24, 2.45) is 0 Å². The van der Waals surface area contributed by atoms with Gasteiger partial charge in [-0.3, -0.25) is 4.79 Å². The highest BCUT2D eigenvalue weighted by molar-refractivity contribution is 7.89. The third-order valence-electron chi connectivity index (χ3n) is 5.78. The molecule has 1 aliphatic rings. The van der Waals surface area contributed by atoms with Gasteiger partial charge < -0.3 is 9.73 Å². The number of nitrogens with one attached hydrogen (secondary N) is 1. The van der Waals surface area contributed by atoms with Crippen molar-refractivity contribution in [1.29, 1.82) is 0 Å². The van der Waals surface area contributed by atoms with Crippen LogP contribution >= 0.6 is 0 Å². The average Bonchev–Trinajstić information content (AvgIpc) is 3.15. The summed E-state index contributed by atoms with van der Waals surface area (Å²) in [4.78, 5) is 12.8. The van der Waals surface area contributed by atoms with Crippen LogP contribution in [0.25, 0.3) is 11.0 Å². The molecule has 0 unspecified atom stereocenters. The highest BCUT2D eigenvalue weighted by Gasteiger charge is 2.25. The Morgan fingerprint density at radius 2 is 1.73 bits per heavy atom. The summed E-state index contributed by atoms with van der Waals surface area (Å²) < 4.78 is 32.7. The molecule has 7 heteroatoms. The Kier molecular flexibility index (Phi) is 5.66. The van der Waals surface area contributed by atoms with Gasteiger partial charge in [0, 0.05) is 29.7 Å². The number of amides is 1. The van der Waals surface area contributed by atoms with E-state index in [1.54, 1.807) is 30.5 Å². The van der Waals surface area contributed by atoms with Gasteiger partial charge in [0.1, 0.15) is 5.58 Å². The van der Waals surface area contributed by atoms with E-state index in [1.165, 1.54) is 4.31 Å². The fraction of sp³-hybridized carbons (Fsp3) is 0.348. The molecule has 0 spiro atoms. The van der Waals surface area contributed by atoms with Crippen molar-refractivity contribution in [3.8, 4) is 0 Å². The Bertz CT molecular complexity index is 1170. The maximum atomic E-state index is 12.7. The van der Waals surface area contributed by atoms with Crippen molar-refractivity contribution in [1.82, 2.24) is 4.31 Å². The second-order valence-electron chi connectivity index (χ2n) is 7.86. The van der Waals surface area contributed by atoms with Crippen LogP contribution in [0.4, 0.5) is 5.69 Å². The number of fused-ring (bicyclic) bond motifs is 1. The molecule has 1 fully saturated rings. The van der Waals surface area contributed by atoms with Crippen LogP contribution in [-0.2, 0) is 21.2 Å². The number of furan rings is 1. The van der Waals surface area contributed by atoms with Gasteiger partial charge in [-0.05, 0) is 62.1 Å². The summed E-state index contributed by atoms with van der Waals surface area (Å²) in [6.45, 7) is 5.17. The summed E-state index contributed by atoms with van der Waals surface area (Å²) in [5.41, 5.74) is 4.43. The van der Waals surface area contributed by atoms with Crippen LogP contribution in [0.3, 0.4) is 0 Å². The lowest BCUT2D eigenvalue weighted by Gasteiger charge is -2.25. The molecule has 1 saturated heterocycles. The minimum atomic E-state index is -3.47. The fourth-order valence-corrected chi connectivity index (χ4v) is 5.39. The van der Waals surface area contributed by atoms with E-state index < -0.39 is 10.0 Å². The number of carbonyl (C=O) groups excluding carboxylic acids is 1. The van der Waals surface area contributed by atoms with E-state index in [2.05, 4.69) is 5.32 Å². The minimum absolute atomic E-state index is 0.178. The number of aryl methyl sites for hydroxylation is 2. The predicted octanol–water partition coefficient (Wildman–Crippen LogP) is 4.41. The molecule has 0 atom stereocenters. The van der Waals surface area contributed by atoms with E-state index in [9.17, 15) is 13.2 Å². The Labute approximate surface area is 176 Å². The number of hydrogen-bond acceptors (Lipinski definition) is 4. The van der Waals surface area contributed by atoms with Gasteiger partial charge in [-0.15, -0.1) is 0 Å². The summed E-state index contributed by atoms with van der Waals surface area (Å²) in [6, 6.07) is 10.4. The summed E-state index contributed by atoms with van der Waals surface area (Å²) in [7, 11) is -3.47. The second-order valence-corrected chi connectivity index (χ2v) is 9.80. The van der Waals surface area contributed by atoms with Crippen LogP contribution in [0.5, 0.6) is 0 Å². The van der Waals surface area contributed by atoms with Gasteiger partial charge >= 0.3 is 0 Å². The summed E-state index contributed by atoms with van der Waals surface area (Å²) >= 11 is 0. The van der Waals surface area contributed by atoms with Gasteiger partial charge in [0.15, 0.2) is 0 Å². The minimum Gasteiger partial charge on any atom is -0.464 e. The van der Waals surface area contributed by atoms with E-state index in [0.717, 1.165) is 46.9 Å². The zero-order valence-corrected chi connectivity index (χ0v) is 18.1. The Hall–Kier alpha value is -2.64. The average molecular weight is 427 g/mol. The molecule has 1 amide bonds. The monoisotopic (exact) mass is 426 g/mol. The summed E-state index contributed by atoms with van der Waals surface area (Å²) in [5.74, 6) is -0.178. The molecule has 2 heterocycles. The van der Waals surface area contributed by atoms with Gasteiger partial charge in [-0.1, -0.05) is 18.6 Å². The van der Waals surface area contributed by atoms with Gasteiger partial charge in [0.2, 0.25) is 15.9 Å². The number of sulfonamides is 1. The molecule has 0 radical (unpaired) electrons.